The minimum absolute atomic E-state index is 0.0329. The lowest BCUT2D eigenvalue weighted by atomic mass is 10.1. The van der Waals surface area contributed by atoms with Gasteiger partial charge in [-0.1, -0.05) is 0 Å². The second-order valence-corrected chi connectivity index (χ2v) is 5.25. The quantitative estimate of drug-likeness (QED) is 0.162. The van der Waals surface area contributed by atoms with Crippen molar-refractivity contribution in [2.75, 3.05) is 27.2 Å². The molecular formula is C14H27N7O2. The normalized spacial score (nSPS) is 18.9. The highest BCUT2D eigenvalue weighted by atomic mass is 16.2. The van der Waals surface area contributed by atoms with Crippen LogP contribution in [0.5, 0.6) is 0 Å². The van der Waals surface area contributed by atoms with E-state index in [-0.39, 0.29) is 23.9 Å². The monoisotopic (exact) mass is 325 g/mol. The van der Waals surface area contributed by atoms with E-state index in [1.54, 1.807) is 20.3 Å². The zero-order chi connectivity index (χ0) is 17.1. The Kier molecular flexibility index (Phi) is 8.66. The Morgan fingerprint density at radius 2 is 2.17 bits per heavy atom. The Balaban J connectivity index is 2.41. The molecule has 2 amide bonds. The van der Waals surface area contributed by atoms with Gasteiger partial charge < -0.3 is 21.3 Å². The first-order valence-electron chi connectivity index (χ1n) is 7.78. The fourth-order valence-electron chi connectivity index (χ4n) is 2.01. The zero-order valence-corrected chi connectivity index (χ0v) is 14.0. The Morgan fingerprint density at radius 3 is 2.70 bits per heavy atom. The molecule has 23 heavy (non-hydrogen) atoms. The van der Waals surface area contributed by atoms with Gasteiger partial charge in [-0.05, 0) is 25.8 Å². The topological polar surface area (TPSA) is 119 Å². The molecular weight excluding hydrogens is 298 g/mol. The summed E-state index contributed by atoms with van der Waals surface area (Å²) in [5.41, 5.74) is 2.35. The highest BCUT2D eigenvalue weighted by molar-refractivity contribution is 5.86. The average molecular weight is 325 g/mol. The summed E-state index contributed by atoms with van der Waals surface area (Å²) in [6, 6.07) is -0.344. The lowest BCUT2D eigenvalue weighted by Gasteiger charge is -2.28. The fraction of sp³-hybridized carbons (Fsp3) is 0.714. The van der Waals surface area contributed by atoms with Crippen molar-refractivity contribution in [2.24, 2.45) is 10.1 Å². The molecule has 0 saturated carbocycles. The molecule has 1 aliphatic rings. The molecule has 2 atom stereocenters. The highest BCUT2D eigenvalue weighted by Gasteiger charge is 2.25. The van der Waals surface area contributed by atoms with Gasteiger partial charge in [0.15, 0.2) is 5.96 Å². The molecule has 0 aliphatic carbocycles. The number of hydrogen-bond donors (Lipinski definition) is 5. The minimum Gasteiger partial charge on any atom is -0.359 e. The molecule has 1 rings (SSSR count). The first-order chi connectivity index (χ1) is 11.1. The molecule has 1 aliphatic heterocycles. The number of nitrogens with one attached hydrogen (secondary N) is 5. The van der Waals surface area contributed by atoms with Crippen molar-refractivity contribution in [1.82, 2.24) is 26.7 Å². The Bertz CT molecular complexity index is 446. The number of hydrazone groups is 1. The van der Waals surface area contributed by atoms with Crippen LogP contribution in [0.3, 0.4) is 0 Å². The molecule has 0 radical (unpaired) electrons. The summed E-state index contributed by atoms with van der Waals surface area (Å²) < 4.78 is 0. The smallest absolute Gasteiger partial charge is 0.237 e. The Labute approximate surface area is 136 Å². The van der Waals surface area contributed by atoms with Gasteiger partial charge in [0.25, 0.3) is 0 Å². The number of carbonyl (C=O) groups excluding carboxylic acids is 2. The van der Waals surface area contributed by atoms with Crippen LogP contribution < -0.4 is 26.7 Å². The average Bonchev–Trinajstić information content (AvgIpc) is 2.44. The third-order valence-electron chi connectivity index (χ3n) is 3.39. The third kappa shape index (κ3) is 7.59. The number of carbonyl (C=O) groups is 2. The number of guanidine groups is 1. The summed E-state index contributed by atoms with van der Waals surface area (Å²) in [6.07, 6.45) is 3.93. The number of nitrogens with zero attached hydrogens (tertiary/aromatic N) is 2. The summed E-state index contributed by atoms with van der Waals surface area (Å²) in [6.45, 7) is 2.97. The molecule has 0 aromatic heterocycles. The van der Waals surface area contributed by atoms with Gasteiger partial charge in [0.2, 0.25) is 11.8 Å². The van der Waals surface area contributed by atoms with E-state index in [2.05, 4.69) is 36.8 Å². The van der Waals surface area contributed by atoms with Gasteiger partial charge in [-0.3, -0.25) is 14.6 Å². The van der Waals surface area contributed by atoms with Crippen molar-refractivity contribution in [3.63, 3.8) is 0 Å². The van der Waals surface area contributed by atoms with Crippen molar-refractivity contribution in [3.8, 4) is 0 Å². The van der Waals surface area contributed by atoms with Gasteiger partial charge in [-0.15, -0.1) is 0 Å². The molecule has 9 nitrogen and oxygen atoms in total. The van der Waals surface area contributed by atoms with Crippen LogP contribution in [-0.4, -0.2) is 63.3 Å². The van der Waals surface area contributed by atoms with Gasteiger partial charge in [-0.2, -0.15) is 5.10 Å². The van der Waals surface area contributed by atoms with Gasteiger partial charge in [-0.25, -0.2) is 5.43 Å². The van der Waals surface area contributed by atoms with Gasteiger partial charge >= 0.3 is 0 Å². The molecule has 1 fully saturated rings. The van der Waals surface area contributed by atoms with Crippen LogP contribution in [0.15, 0.2) is 10.1 Å². The Hall–Kier alpha value is -2.16. The zero-order valence-electron chi connectivity index (χ0n) is 14.0. The maximum Gasteiger partial charge on any atom is 0.237 e. The van der Waals surface area contributed by atoms with E-state index in [1.807, 2.05) is 0 Å². The summed E-state index contributed by atoms with van der Waals surface area (Å²) in [4.78, 5) is 26.9. The van der Waals surface area contributed by atoms with Crippen LogP contribution >= 0.6 is 0 Å². The van der Waals surface area contributed by atoms with E-state index in [9.17, 15) is 9.59 Å². The van der Waals surface area contributed by atoms with E-state index in [1.165, 1.54) is 6.92 Å². The second-order valence-electron chi connectivity index (χ2n) is 5.25. The van der Waals surface area contributed by atoms with Crippen LogP contribution in [0.25, 0.3) is 0 Å². The molecule has 0 aromatic carbocycles. The van der Waals surface area contributed by atoms with Crippen LogP contribution in [0, 0.1) is 0 Å². The largest absolute Gasteiger partial charge is 0.359 e. The van der Waals surface area contributed by atoms with Crippen molar-refractivity contribution in [2.45, 2.75) is 38.3 Å². The Morgan fingerprint density at radius 1 is 1.43 bits per heavy atom. The predicted molar refractivity (Wildman–Crippen MR) is 90.3 cm³/mol. The predicted octanol–water partition coefficient (Wildman–Crippen LogP) is -1.47. The maximum atomic E-state index is 12.0. The number of hydrogen-bond acceptors (Lipinski definition) is 5. The molecule has 9 heteroatoms. The molecule has 1 saturated heterocycles. The van der Waals surface area contributed by atoms with Crippen molar-refractivity contribution < 1.29 is 9.59 Å². The van der Waals surface area contributed by atoms with E-state index >= 15 is 0 Å². The molecule has 130 valence electrons. The SMILES string of the molecule is CN=C(NC)NCCCC(/C=N/NC(C)=O)NC(=O)C1CCN1. The third-order valence-corrected chi connectivity index (χ3v) is 3.39. The first kappa shape index (κ1) is 18.9. The van der Waals surface area contributed by atoms with E-state index < -0.39 is 0 Å². The minimum atomic E-state index is -0.244. The van der Waals surface area contributed by atoms with Crippen LogP contribution in [-0.2, 0) is 9.59 Å². The van der Waals surface area contributed by atoms with Crippen LogP contribution in [0.4, 0.5) is 0 Å². The molecule has 2 unspecified atom stereocenters. The van der Waals surface area contributed by atoms with Crippen molar-refractivity contribution in [1.29, 1.82) is 0 Å². The highest BCUT2D eigenvalue weighted by Crippen LogP contribution is 2.03. The number of aliphatic imine (C=N–C) groups is 1. The molecule has 0 spiro atoms. The van der Waals surface area contributed by atoms with Gasteiger partial charge in [0.05, 0.1) is 12.1 Å². The summed E-state index contributed by atoms with van der Waals surface area (Å²) in [7, 11) is 3.50. The molecule has 0 bridgehead atoms. The van der Waals surface area contributed by atoms with Gasteiger partial charge in [0.1, 0.15) is 0 Å². The van der Waals surface area contributed by atoms with E-state index in [0.717, 1.165) is 31.9 Å². The lowest BCUT2D eigenvalue weighted by molar-refractivity contribution is -0.125. The van der Waals surface area contributed by atoms with Crippen LogP contribution in [0.2, 0.25) is 0 Å². The fourth-order valence-corrected chi connectivity index (χ4v) is 2.01. The number of amides is 2. The first-order valence-corrected chi connectivity index (χ1v) is 7.78. The molecule has 5 N–H and O–H groups in total. The summed E-state index contributed by atoms with van der Waals surface area (Å²) in [5.74, 6) is 0.442. The molecule has 0 aromatic rings. The maximum absolute atomic E-state index is 12.0. The van der Waals surface area contributed by atoms with Crippen LogP contribution in [0.1, 0.15) is 26.2 Å². The van der Waals surface area contributed by atoms with Crippen molar-refractivity contribution >= 4 is 24.0 Å². The molecule has 1 heterocycles. The standard InChI is InChI=1S/C14H27N7O2/c1-10(22)21-19-9-11(20-13(23)12-6-8-17-12)5-4-7-18-14(15-2)16-3/h9,11-12,17H,4-8H2,1-3H3,(H,20,23)(H,21,22)(H2,15,16,18)/b19-9+. The summed E-state index contributed by atoms with van der Waals surface area (Å²) in [5, 5.41) is 15.9. The van der Waals surface area contributed by atoms with E-state index in [0.29, 0.717) is 6.42 Å². The van der Waals surface area contributed by atoms with Gasteiger partial charge in [0, 0.05) is 33.8 Å². The summed E-state index contributed by atoms with van der Waals surface area (Å²) >= 11 is 0. The second kappa shape index (κ2) is 10.5. The van der Waals surface area contributed by atoms with E-state index in [4.69, 9.17) is 0 Å². The lowest BCUT2D eigenvalue weighted by Crippen LogP contribution is -2.55. The number of rotatable bonds is 8. The van der Waals surface area contributed by atoms with Crippen molar-refractivity contribution in [3.05, 3.63) is 0 Å².